The summed E-state index contributed by atoms with van der Waals surface area (Å²) in [6, 6.07) is 17.7. The second kappa shape index (κ2) is 60.9. The monoisotopic (exact) mass is 1230 g/mol. The Balaban J connectivity index is 0.00000483. The van der Waals surface area contributed by atoms with Crippen LogP contribution in [0.25, 0.3) is 16.9 Å². The molecule has 0 aromatic heterocycles. The van der Waals surface area contributed by atoms with E-state index in [1.54, 1.807) is 18.9 Å². The zero-order chi connectivity index (χ0) is 61.7. The van der Waals surface area contributed by atoms with Crippen molar-refractivity contribution in [2.45, 2.75) is 381 Å². The summed E-state index contributed by atoms with van der Waals surface area (Å²) >= 11 is 0.819. The van der Waals surface area contributed by atoms with Gasteiger partial charge in [0, 0.05) is 48.0 Å². The maximum absolute atomic E-state index is 12.5. The number of nitrogens with zero attached hydrogens (tertiary/aromatic N) is 2. The summed E-state index contributed by atoms with van der Waals surface area (Å²) in [5, 5.41) is 0. The Hall–Kier alpha value is -2.95. The Morgan fingerprint density at radius 1 is 0.302 bits per heavy atom. The first-order chi connectivity index (χ1) is 42.6. The molecular weight excluding hydrogens is 1090 g/mol. The van der Waals surface area contributed by atoms with Gasteiger partial charge in [0.1, 0.15) is 0 Å². The molecule has 0 saturated heterocycles. The van der Waals surface area contributed by atoms with Gasteiger partial charge in [-0.15, -0.1) is 23.7 Å². The van der Waals surface area contributed by atoms with E-state index in [1.165, 1.54) is 309 Å². The molecule has 5 heteroatoms. The summed E-state index contributed by atoms with van der Waals surface area (Å²) < 4.78 is 10.4. The van der Waals surface area contributed by atoms with Gasteiger partial charge in [-0.25, -0.2) is 4.70 Å². The zero-order valence-electron chi connectivity index (χ0n) is 57.5. The molecule has 0 radical (unpaired) electrons. The summed E-state index contributed by atoms with van der Waals surface area (Å²) in [5.74, 6) is 14.2. The molecule has 0 spiro atoms. The van der Waals surface area contributed by atoms with Crippen LogP contribution in [0.3, 0.4) is 0 Å². The van der Waals surface area contributed by atoms with Crippen LogP contribution in [0.5, 0.6) is 0 Å². The molecule has 1 heterocycles. The van der Waals surface area contributed by atoms with Crippen molar-refractivity contribution in [2.75, 3.05) is 14.2 Å². The van der Waals surface area contributed by atoms with E-state index in [0.717, 1.165) is 104 Å². The van der Waals surface area contributed by atoms with Crippen LogP contribution >= 0.6 is 0 Å². The molecule has 4 nitrogen and oxygen atoms in total. The molecule has 3 rings (SSSR count). The quantitative estimate of drug-likeness (QED) is 0.0287. The molecule has 0 bridgehead atoms. The van der Waals surface area contributed by atoms with Crippen LogP contribution in [-0.4, -0.2) is 18.9 Å². The summed E-state index contributed by atoms with van der Waals surface area (Å²) in [6.07, 6.45) is 73.1. The number of unbranched alkanes of at least 4 members (excludes halogenated alkanes) is 45. The van der Waals surface area contributed by atoms with Gasteiger partial charge in [-0.1, -0.05) is 340 Å². The van der Waals surface area contributed by atoms with E-state index in [4.69, 9.17) is 0 Å². The summed E-state index contributed by atoms with van der Waals surface area (Å²) in [6.45, 7) is 9.19. The van der Waals surface area contributed by atoms with Crippen molar-refractivity contribution in [1.29, 1.82) is 0 Å². The molecule has 0 amide bonds. The van der Waals surface area contributed by atoms with Crippen LogP contribution in [0.1, 0.15) is 390 Å². The van der Waals surface area contributed by atoms with Crippen molar-refractivity contribution in [2.24, 2.45) is 0 Å². The van der Waals surface area contributed by atoms with E-state index < -0.39 is 0 Å². The van der Waals surface area contributed by atoms with Gasteiger partial charge < -0.3 is 5.53 Å². The minimum absolute atomic E-state index is 0.819. The first-order valence-electron chi connectivity index (χ1n) is 37.3. The first kappa shape index (κ1) is 79.1. The third-order valence-electron chi connectivity index (χ3n) is 17.9. The Bertz CT molecular complexity index is 2080. The predicted octanol–water partition coefficient (Wildman–Crippen LogP) is 26.9. The molecule has 0 atom stereocenters. The molecule has 1 aliphatic heterocycles. The van der Waals surface area contributed by atoms with Crippen molar-refractivity contribution in [3.05, 3.63) is 87.5 Å². The molecule has 2 aromatic rings. The van der Waals surface area contributed by atoms with Crippen LogP contribution in [0.2, 0.25) is 0 Å². The minimum atomic E-state index is 0.819. The van der Waals surface area contributed by atoms with Gasteiger partial charge in [0.05, 0.1) is 0 Å². The second-order valence-electron chi connectivity index (χ2n) is 25.5. The third-order valence-corrected chi connectivity index (χ3v) is 18.2. The molecule has 1 aliphatic rings. The maximum atomic E-state index is 12.5. The summed E-state index contributed by atoms with van der Waals surface area (Å²) in [4.78, 5) is 0. The fraction of sp³-hybridized carbons (Fsp3) is 0.753. The van der Waals surface area contributed by atoms with Gasteiger partial charge in [0.2, 0.25) is 11.4 Å². The average Bonchev–Trinajstić information content (AvgIpc) is 2.03. The second-order valence-corrected chi connectivity index (χ2v) is 26.5. The molecular formula is C81H136N2NiO2. The Labute approximate surface area is 542 Å². The van der Waals surface area contributed by atoms with Crippen molar-refractivity contribution in [3.63, 3.8) is 0 Å². The molecule has 492 valence electrons. The SMILES string of the molecule is CCCCCCCCCCCCCCCCCCCCCCCC#CCCc1ccccc1C1=C(CCCC)C(CCCC)=C(c2ccccc2CCC#CCCCCCCCCCCCCCCCCCCCCCCCC)[N+]1=[N-].C[O][Ni][O]C. The summed E-state index contributed by atoms with van der Waals surface area (Å²) in [5.41, 5.74) is 22.1. The van der Waals surface area contributed by atoms with Crippen LogP contribution in [0, 0.1) is 23.7 Å². The number of aryl methyl sites for hydroxylation is 2. The van der Waals surface area contributed by atoms with E-state index in [9.17, 15) is 5.53 Å². The predicted molar refractivity (Wildman–Crippen MR) is 375 cm³/mol. The summed E-state index contributed by atoms with van der Waals surface area (Å²) in [7, 11) is 3.12. The number of hydrogen-bond acceptors (Lipinski definition) is 2. The van der Waals surface area contributed by atoms with Crippen molar-refractivity contribution in [3.8, 4) is 23.7 Å². The van der Waals surface area contributed by atoms with Crippen molar-refractivity contribution in [1.82, 2.24) is 0 Å². The van der Waals surface area contributed by atoms with E-state index in [2.05, 4.69) is 108 Å². The van der Waals surface area contributed by atoms with Crippen molar-refractivity contribution < 1.29 is 27.5 Å². The first-order valence-corrected chi connectivity index (χ1v) is 38.1. The van der Waals surface area contributed by atoms with Crippen LogP contribution in [0.4, 0.5) is 0 Å². The van der Waals surface area contributed by atoms with Gasteiger partial charge in [0.25, 0.3) is 0 Å². The van der Waals surface area contributed by atoms with Gasteiger partial charge in [-0.3, -0.25) is 0 Å². The van der Waals surface area contributed by atoms with Crippen LogP contribution in [-0.2, 0) is 35.7 Å². The fourth-order valence-electron chi connectivity index (χ4n) is 12.7. The van der Waals surface area contributed by atoms with E-state index in [0.29, 0.717) is 0 Å². The Kier molecular flexibility index (Phi) is 56.1. The van der Waals surface area contributed by atoms with Gasteiger partial charge in [0.15, 0.2) is 0 Å². The molecule has 2 aromatic carbocycles. The molecule has 0 unspecified atom stereocenters. The van der Waals surface area contributed by atoms with Gasteiger partial charge in [-0.2, -0.15) is 0 Å². The number of benzene rings is 2. The number of rotatable bonds is 57. The number of hydrogen-bond donors (Lipinski definition) is 0. The van der Waals surface area contributed by atoms with Gasteiger partial charge in [-0.05, 0) is 74.6 Å². The number of allylic oxidation sites excluding steroid dienone is 2. The van der Waals surface area contributed by atoms with E-state index in [-0.39, 0.29) is 0 Å². The van der Waals surface area contributed by atoms with Gasteiger partial charge >= 0.3 is 37.1 Å². The zero-order valence-corrected chi connectivity index (χ0v) is 58.5. The molecule has 0 aliphatic carbocycles. The molecule has 0 fully saturated rings. The standard InChI is InChI=1S/C79H130N2.2CH3O.Ni/c1-5-9-13-15-17-19-21-23-25-27-29-31-33-35-37-39-41-43-45-47-49-51-53-55-57-59-65-73-67-61-63-71-75(73)79-77(69-12-8-4)76(68-11-7-3)78(81(79)80)74-70-62-60-66-72(74)64-58-56-54-52-50-48-46-44-42-40-38-36-34-32-30-28-26-24-22-20-18-16-14-10-6-2;2*1-2;/h60-63,66-67,70-71H,5-53,58-59,64-65,68-69H2,1-4H3;2*1H3;/q;2*-1;+2. The Morgan fingerprint density at radius 3 is 0.779 bits per heavy atom. The van der Waals surface area contributed by atoms with Crippen molar-refractivity contribution >= 4 is 11.4 Å². The molecule has 0 saturated carbocycles. The fourth-order valence-corrected chi connectivity index (χ4v) is 12.8. The topological polar surface area (TPSA) is 43.8 Å². The molecule has 0 N–H and O–H groups in total. The van der Waals surface area contributed by atoms with Crippen LogP contribution in [0.15, 0.2) is 59.7 Å². The van der Waals surface area contributed by atoms with Crippen LogP contribution < -0.4 is 0 Å². The molecule has 86 heavy (non-hydrogen) atoms. The van der Waals surface area contributed by atoms with E-state index in [1.807, 2.05) is 0 Å². The normalized spacial score (nSPS) is 12.2. The Morgan fingerprint density at radius 2 is 0.535 bits per heavy atom. The third kappa shape index (κ3) is 41.4. The van der Waals surface area contributed by atoms with E-state index >= 15 is 0 Å². The average molecular weight is 1230 g/mol.